The molecule has 5 heteroatoms. The summed E-state index contributed by atoms with van der Waals surface area (Å²) in [6.45, 7) is 6.61. The van der Waals surface area contributed by atoms with Crippen molar-refractivity contribution in [3.8, 4) is 0 Å². The van der Waals surface area contributed by atoms with Crippen LogP contribution in [0.5, 0.6) is 0 Å². The smallest absolute Gasteiger partial charge is 0.298 e. The summed E-state index contributed by atoms with van der Waals surface area (Å²) in [7, 11) is 0. The SMILES string of the molecule is c1ccc2oc(N3CC(N4CCNCC4)C3)nc2c1. The van der Waals surface area contributed by atoms with Gasteiger partial charge in [-0.15, -0.1) is 0 Å². The quantitative estimate of drug-likeness (QED) is 0.868. The minimum atomic E-state index is 0.664. The summed E-state index contributed by atoms with van der Waals surface area (Å²) in [5, 5.41) is 3.39. The average molecular weight is 258 g/mol. The van der Waals surface area contributed by atoms with Gasteiger partial charge in [-0.05, 0) is 12.1 Å². The average Bonchev–Trinajstić information content (AvgIpc) is 2.81. The minimum absolute atomic E-state index is 0.664. The van der Waals surface area contributed by atoms with E-state index in [0.29, 0.717) is 6.04 Å². The first-order valence-corrected chi connectivity index (χ1v) is 6.95. The van der Waals surface area contributed by atoms with Crippen LogP contribution in [0.4, 0.5) is 6.01 Å². The first-order chi connectivity index (χ1) is 9.40. The molecule has 4 rings (SSSR count). The van der Waals surface area contributed by atoms with Crippen LogP contribution >= 0.6 is 0 Å². The summed E-state index contributed by atoms with van der Waals surface area (Å²) in [5.74, 6) is 0. The number of nitrogens with zero attached hydrogens (tertiary/aromatic N) is 3. The molecule has 0 bridgehead atoms. The van der Waals surface area contributed by atoms with Gasteiger partial charge in [0.2, 0.25) is 0 Å². The van der Waals surface area contributed by atoms with E-state index in [1.165, 1.54) is 0 Å². The van der Waals surface area contributed by atoms with E-state index in [1.54, 1.807) is 0 Å². The van der Waals surface area contributed by atoms with Gasteiger partial charge in [-0.2, -0.15) is 4.98 Å². The Bertz CT molecular complexity index is 537. The Morgan fingerprint density at radius 2 is 1.95 bits per heavy atom. The van der Waals surface area contributed by atoms with Gasteiger partial charge in [0.25, 0.3) is 6.01 Å². The highest BCUT2D eigenvalue weighted by Crippen LogP contribution is 2.26. The molecule has 2 aliphatic rings. The molecular weight excluding hydrogens is 240 g/mol. The Morgan fingerprint density at radius 1 is 1.16 bits per heavy atom. The van der Waals surface area contributed by atoms with Gasteiger partial charge in [0, 0.05) is 45.3 Å². The summed E-state index contributed by atoms with van der Waals surface area (Å²) in [5.41, 5.74) is 1.83. The number of piperazine rings is 1. The summed E-state index contributed by atoms with van der Waals surface area (Å²) in [4.78, 5) is 9.34. The Hall–Kier alpha value is -1.59. The highest BCUT2D eigenvalue weighted by atomic mass is 16.4. The molecule has 0 amide bonds. The van der Waals surface area contributed by atoms with Crippen LogP contribution in [0.2, 0.25) is 0 Å². The van der Waals surface area contributed by atoms with Crippen LogP contribution in [0.3, 0.4) is 0 Å². The molecule has 3 heterocycles. The summed E-state index contributed by atoms with van der Waals surface area (Å²) < 4.78 is 5.79. The number of nitrogens with one attached hydrogen (secondary N) is 1. The summed E-state index contributed by atoms with van der Waals surface area (Å²) >= 11 is 0. The molecule has 0 radical (unpaired) electrons. The predicted octanol–water partition coefficient (Wildman–Crippen LogP) is 0.922. The Balaban J connectivity index is 1.44. The monoisotopic (exact) mass is 258 g/mol. The fraction of sp³-hybridized carbons (Fsp3) is 0.500. The van der Waals surface area contributed by atoms with Crippen molar-refractivity contribution in [2.24, 2.45) is 0 Å². The van der Waals surface area contributed by atoms with Gasteiger partial charge < -0.3 is 14.6 Å². The highest BCUT2D eigenvalue weighted by Gasteiger charge is 2.34. The zero-order valence-corrected chi connectivity index (χ0v) is 10.9. The maximum Gasteiger partial charge on any atom is 0.298 e. The molecule has 19 heavy (non-hydrogen) atoms. The zero-order valence-electron chi connectivity index (χ0n) is 10.9. The van der Waals surface area contributed by atoms with E-state index in [1.807, 2.05) is 24.3 Å². The van der Waals surface area contributed by atoms with Gasteiger partial charge in [-0.3, -0.25) is 4.90 Å². The van der Waals surface area contributed by atoms with Crippen LogP contribution in [0.25, 0.3) is 11.1 Å². The second kappa shape index (κ2) is 4.51. The number of aromatic nitrogens is 1. The number of rotatable bonds is 2. The number of oxazole rings is 1. The lowest BCUT2D eigenvalue weighted by Crippen LogP contribution is -2.63. The molecule has 1 aromatic carbocycles. The summed E-state index contributed by atoms with van der Waals surface area (Å²) in [6.07, 6.45) is 0. The third-order valence-electron chi connectivity index (χ3n) is 4.08. The third kappa shape index (κ3) is 1.99. The molecule has 0 aliphatic carbocycles. The molecular formula is C14H18N4O. The number of fused-ring (bicyclic) bond motifs is 1. The van der Waals surface area contributed by atoms with Crippen molar-refractivity contribution >= 4 is 17.1 Å². The molecule has 100 valence electrons. The fourth-order valence-electron chi connectivity index (χ4n) is 2.89. The van der Waals surface area contributed by atoms with E-state index in [2.05, 4.69) is 20.1 Å². The third-order valence-corrected chi connectivity index (χ3v) is 4.08. The highest BCUT2D eigenvalue weighted by molar-refractivity contribution is 5.74. The van der Waals surface area contributed by atoms with E-state index in [4.69, 9.17) is 4.42 Å². The molecule has 1 N–H and O–H groups in total. The number of anilines is 1. The van der Waals surface area contributed by atoms with Gasteiger partial charge in [-0.1, -0.05) is 12.1 Å². The largest absolute Gasteiger partial charge is 0.423 e. The molecule has 5 nitrogen and oxygen atoms in total. The molecule has 2 fully saturated rings. The van der Waals surface area contributed by atoms with Crippen molar-refractivity contribution in [1.82, 2.24) is 15.2 Å². The predicted molar refractivity (Wildman–Crippen MR) is 74.5 cm³/mol. The van der Waals surface area contributed by atoms with Crippen LogP contribution in [0.15, 0.2) is 28.7 Å². The van der Waals surface area contributed by atoms with Gasteiger partial charge >= 0.3 is 0 Å². The van der Waals surface area contributed by atoms with Crippen molar-refractivity contribution in [3.63, 3.8) is 0 Å². The van der Waals surface area contributed by atoms with Crippen LogP contribution < -0.4 is 10.2 Å². The first kappa shape index (κ1) is 11.3. The van der Waals surface area contributed by atoms with Gasteiger partial charge in [-0.25, -0.2) is 0 Å². The minimum Gasteiger partial charge on any atom is -0.423 e. The van der Waals surface area contributed by atoms with E-state index < -0.39 is 0 Å². The standard InChI is InChI=1S/C14H18N4O/c1-2-4-13-12(3-1)16-14(19-13)18-9-11(10-18)17-7-5-15-6-8-17/h1-4,11,15H,5-10H2. The molecule has 2 saturated heterocycles. The first-order valence-electron chi connectivity index (χ1n) is 6.95. The van der Waals surface area contributed by atoms with Crippen LogP contribution in [-0.4, -0.2) is 55.2 Å². The van der Waals surface area contributed by atoms with Crippen molar-refractivity contribution in [3.05, 3.63) is 24.3 Å². The van der Waals surface area contributed by atoms with Gasteiger partial charge in [0.05, 0.1) is 0 Å². The lowest BCUT2D eigenvalue weighted by molar-refractivity contribution is 0.144. The maximum atomic E-state index is 5.79. The van der Waals surface area contributed by atoms with Crippen molar-refractivity contribution in [2.75, 3.05) is 44.2 Å². The lowest BCUT2D eigenvalue weighted by atomic mass is 10.1. The normalized spacial score (nSPS) is 21.8. The lowest BCUT2D eigenvalue weighted by Gasteiger charge is -2.46. The van der Waals surface area contributed by atoms with E-state index in [-0.39, 0.29) is 0 Å². The fourth-order valence-corrected chi connectivity index (χ4v) is 2.89. The van der Waals surface area contributed by atoms with Crippen molar-refractivity contribution < 1.29 is 4.42 Å². The van der Waals surface area contributed by atoms with Crippen LogP contribution in [0.1, 0.15) is 0 Å². The Morgan fingerprint density at radius 3 is 2.74 bits per heavy atom. The molecule has 1 aromatic heterocycles. The van der Waals surface area contributed by atoms with E-state index in [9.17, 15) is 0 Å². The zero-order chi connectivity index (χ0) is 12.7. The number of hydrogen-bond acceptors (Lipinski definition) is 5. The maximum absolute atomic E-state index is 5.79. The number of para-hydroxylation sites is 2. The Kier molecular flexibility index (Phi) is 2.67. The van der Waals surface area contributed by atoms with E-state index in [0.717, 1.165) is 56.4 Å². The summed E-state index contributed by atoms with van der Waals surface area (Å²) in [6, 6.07) is 9.38. The van der Waals surface area contributed by atoms with Gasteiger partial charge in [0.15, 0.2) is 5.58 Å². The molecule has 0 spiro atoms. The van der Waals surface area contributed by atoms with Gasteiger partial charge in [0.1, 0.15) is 5.52 Å². The van der Waals surface area contributed by atoms with Crippen LogP contribution in [-0.2, 0) is 0 Å². The Labute approximate surface area is 112 Å². The molecule has 0 atom stereocenters. The van der Waals surface area contributed by atoms with Crippen LogP contribution in [0, 0.1) is 0 Å². The second-order valence-electron chi connectivity index (χ2n) is 5.31. The second-order valence-corrected chi connectivity index (χ2v) is 5.31. The van der Waals surface area contributed by atoms with Crippen molar-refractivity contribution in [1.29, 1.82) is 0 Å². The number of hydrogen-bond donors (Lipinski definition) is 1. The molecule has 0 unspecified atom stereocenters. The van der Waals surface area contributed by atoms with Crippen molar-refractivity contribution in [2.45, 2.75) is 6.04 Å². The topological polar surface area (TPSA) is 44.5 Å². The molecule has 2 aliphatic heterocycles. The number of benzene rings is 1. The van der Waals surface area contributed by atoms with E-state index >= 15 is 0 Å². The molecule has 2 aromatic rings. The molecule has 0 saturated carbocycles.